The van der Waals surface area contributed by atoms with Crippen LogP contribution >= 0.6 is 11.3 Å². The van der Waals surface area contributed by atoms with E-state index in [1.165, 1.54) is 22.7 Å². The number of thiazole rings is 1. The lowest BCUT2D eigenvalue weighted by molar-refractivity contribution is -0.178. The molecule has 2 unspecified atom stereocenters. The van der Waals surface area contributed by atoms with E-state index in [1.807, 2.05) is 0 Å². The summed E-state index contributed by atoms with van der Waals surface area (Å²) in [5, 5.41) is 20.8. The summed E-state index contributed by atoms with van der Waals surface area (Å²) in [4.78, 5) is 49.9. The van der Waals surface area contributed by atoms with Gasteiger partial charge in [-0.2, -0.15) is 13.5 Å². The molecule has 5 N–H and O–H groups in total. The Bertz CT molecular complexity index is 1250. The van der Waals surface area contributed by atoms with Crippen LogP contribution in [0.1, 0.15) is 25.0 Å². The molecular formula is C16H18N8O8S2. The van der Waals surface area contributed by atoms with Crippen molar-refractivity contribution in [3.63, 3.8) is 0 Å². The van der Waals surface area contributed by atoms with Crippen LogP contribution in [0.3, 0.4) is 0 Å². The minimum absolute atomic E-state index is 0.0360. The van der Waals surface area contributed by atoms with Crippen LogP contribution in [0.25, 0.3) is 0 Å². The molecule has 1 saturated carbocycles. The number of nitrogens with one attached hydrogen (secondary N) is 1. The summed E-state index contributed by atoms with van der Waals surface area (Å²) < 4.78 is 34.1. The average Bonchev–Trinajstić information content (AvgIpc) is 3.38. The number of hydrogen-bond donors (Lipinski definition) is 4. The minimum Gasteiger partial charge on any atom is -0.478 e. The lowest BCUT2D eigenvalue weighted by Gasteiger charge is -2.43. The minimum atomic E-state index is -4.92. The molecule has 2 amide bonds. The first kappa shape index (κ1) is 23.5. The molecule has 0 bridgehead atoms. The summed E-state index contributed by atoms with van der Waals surface area (Å²) in [7, 11) is -4.92. The predicted octanol–water partition coefficient (Wildman–Crippen LogP) is -1.76. The maximum Gasteiger partial charge on any atom is 0.362 e. The number of rotatable bonds is 9. The molecule has 0 spiro atoms. The number of nitrogens with two attached hydrogens (primary N) is 1. The van der Waals surface area contributed by atoms with Crippen LogP contribution in [0.2, 0.25) is 0 Å². The average molecular weight is 515 g/mol. The molecule has 2 fully saturated rings. The van der Waals surface area contributed by atoms with Crippen LogP contribution in [0, 0.1) is 0 Å². The Hall–Kier alpha value is -3.64. The number of aromatic nitrogens is 4. The molecular weight excluding hydrogens is 496 g/mol. The fourth-order valence-electron chi connectivity index (χ4n) is 3.44. The number of β-lactam (4-membered cyclic amide) rings is 1. The van der Waals surface area contributed by atoms with Crippen LogP contribution in [-0.2, 0) is 36.1 Å². The van der Waals surface area contributed by atoms with Crippen molar-refractivity contribution in [2.75, 3.05) is 5.73 Å². The highest BCUT2D eigenvalue weighted by Gasteiger charge is 2.54. The van der Waals surface area contributed by atoms with E-state index < -0.39 is 51.5 Å². The van der Waals surface area contributed by atoms with E-state index in [1.54, 1.807) is 0 Å². The Labute approximate surface area is 195 Å². The normalized spacial score (nSPS) is 22.0. The molecule has 3 heterocycles. The van der Waals surface area contributed by atoms with Gasteiger partial charge in [0.05, 0.1) is 12.6 Å². The molecule has 2 aromatic heterocycles. The largest absolute Gasteiger partial charge is 0.478 e. The molecule has 1 aliphatic carbocycles. The Kier molecular flexibility index (Phi) is 5.96. The lowest BCUT2D eigenvalue weighted by Crippen LogP contribution is -2.73. The quantitative estimate of drug-likeness (QED) is 0.126. The Balaban J connectivity index is 1.59. The van der Waals surface area contributed by atoms with Crippen molar-refractivity contribution in [2.45, 2.75) is 43.5 Å². The highest BCUT2D eigenvalue weighted by Crippen LogP contribution is 2.36. The molecule has 1 saturated heterocycles. The summed E-state index contributed by atoms with van der Waals surface area (Å²) in [6, 6.07) is -2.62. The number of anilines is 1. The first-order valence-electron chi connectivity index (χ1n) is 9.67. The highest BCUT2D eigenvalue weighted by molar-refractivity contribution is 7.84. The van der Waals surface area contributed by atoms with Gasteiger partial charge in [0, 0.05) is 18.2 Å². The summed E-state index contributed by atoms with van der Waals surface area (Å²) in [6.45, 7) is -0.217. The van der Waals surface area contributed by atoms with Gasteiger partial charge in [0.1, 0.15) is 24.4 Å². The van der Waals surface area contributed by atoms with Crippen LogP contribution < -0.4 is 11.1 Å². The number of carboxylic acid groups (broad SMARTS) is 1. The smallest absolute Gasteiger partial charge is 0.362 e. The molecule has 0 radical (unpaired) electrons. The van der Waals surface area contributed by atoms with Crippen molar-refractivity contribution in [3.05, 3.63) is 23.7 Å². The van der Waals surface area contributed by atoms with Crippen molar-refractivity contribution in [1.82, 2.24) is 29.4 Å². The van der Waals surface area contributed by atoms with Gasteiger partial charge < -0.3 is 21.0 Å². The number of aliphatic carboxylic acids is 1. The SMILES string of the molecule is Nc1nc(/C(=N/OC2(C(=O)O)CCC2)C(=O)NC2C(=O)N(S(=O)(=O)O)C2Cn2cncn2)cs1. The molecule has 2 aromatic rings. The fraction of sp³-hybridized carbons (Fsp3) is 0.438. The number of carboxylic acids is 1. The second-order valence-corrected chi connectivity index (χ2v) is 9.68. The number of hydrogen-bond acceptors (Lipinski definition) is 12. The molecule has 4 rings (SSSR count). The topological polar surface area (TPSA) is 232 Å². The lowest BCUT2D eigenvalue weighted by atomic mass is 9.80. The summed E-state index contributed by atoms with van der Waals surface area (Å²) in [6.07, 6.45) is 3.40. The van der Waals surface area contributed by atoms with Crippen LogP contribution in [0.5, 0.6) is 0 Å². The summed E-state index contributed by atoms with van der Waals surface area (Å²) >= 11 is 0.984. The molecule has 0 aromatic carbocycles. The van der Waals surface area contributed by atoms with Crippen molar-refractivity contribution < 1.29 is 37.3 Å². The predicted molar refractivity (Wildman–Crippen MR) is 113 cm³/mol. The van der Waals surface area contributed by atoms with Crippen molar-refractivity contribution in [1.29, 1.82) is 0 Å². The number of nitrogen functional groups attached to an aromatic ring is 1. The molecule has 2 atom stereocenters. The van der Waals surface area contributed by atoms with E-state index in [4.69, 9.17) is 10.6 Å². The number of nitrogens with zero attached hydrogens (tertiary/aromatic N) is 6. The zero-order valence-corrected chi connectivity index (χ0v) is 18.8. The van der Waals surface area contributed by atoms with Gasteiger partial charge in [0.25, 0.3) is 11.8 Å². The van der Waals surface area contributed by atoms with E-state index in [0.29, 0.717) is 6.42 Å². The van der Waals surface area contributed by atoms with Gasteiger partial charge in [-0.15, -0.1) is 11.3 Å². The highest BCUT2D eigenvalue weighted by atomic mass is 32.2. The van der Waals surface area contributed by atoms with Gasteiger partial charge in [0.15, 0.2) is 10.8 Å². The number of carbonyl (C=O) groups is 3. The van der Waals surface area contributed by atoms with Crippen LogP contribution in [0.15, 0.2) is 23.2 Å². The van der Waals surface area contributed by atoms with Gasteiger partial charge >= 0.3 is 16.3 Å². The zero-order valence-electron chi connectivity index (χ0n) is 17.1. The third-order valence-electron chi connectivity index (χ3n) is 5.39. The van der Waals surface area contributed by atoms with Gasteiger partial charge in [0.2, 0.25) is 5.60 Å². The molecule has 16 nitrogen and oxygen atoms in total. The monoisotopic (exact) mass is 514 g/mol. The summed E-state index contributed by atoms with van der Waals surface area (Å²) in [5.41, 5.74) is 3.54. The molecule has 1 aliphatic heterocycles. The van der Waals surface area contributed by atoms with Crippen molar-refractivity contribution in [2.24, 2.45) is 5.16 Å². The Morgan fingerprint density at radius 1 is 1.41 bits per heavy atom. The van der Waals surface area contributed by atoms with E-state index in [9.17, 15) is 32.5 Å². The number of oxime groups is 1. The Morgan fingerprint density at radius 3 is 2.65 bits per heavy atom. The zero-order chi connectivity index (χ0) is 24.7. The van der Waals surface area contributed by atoms with Gasteiger partial charge in [-0.3, -0.25) is 18.8 Å². The maximum absolute atomic E-state index is 13.0. The van der Waals surface area contributed by atoms with Crippen LogP contribution in [0.4, 0.5) is 5.13 Å². The van der Waals surface area contributed by atoms with Crippen LogP contribution in [-0.4, -0.2) is 83.3 Å². The van der Waals surface area contributed by atoms with E-state index >= 15 is 0 Å². The third kappa shape index (κ3) is 4.29. The van der Waals surface area contributed by atoms with Crippen molar-refractivity contribution in [3.8, 4) is 0 Å². The van der Waals surface area contributed by atoms with E-state index in [0.717, 1.165) is 11.3 Å². The fourth-order valence-corrected chi connectivity index (χ4v) is 4.86. The summed E-state index contributed by atoms with van der Waals surface area (Å²) in [5.74, 6) is -3.34. The number of amides is 2. The maximum atomic E-state index is 13.0. The van der Waals surface area contributed by atoms with Gasteiger partial charge in [-0.25, -0.2) is 19.1 Å². The molecule has 182 valence electrons. The van der Waals surface area contributed by atoms with E-state index in [2.05, 4.69) is 25.5 Å². The third-order valence-corrected chi connectivity index (χ3v) is 7.01. The molecule has 34 heavy (non-hydrogen) atoms. The van der Waals surface area contributed by atoms with Gasteiger partial charge in [-0.1, -0.05) is 5.16 Å². The second-order valence-electron chi connectivity index (χ2n) is 7.50. The number of carbonyl (C=O) groups excluding carboxylic acids is 2. The second kappa shape index (κ2) is 8.61. The van der Waals surface area contributed by atoms with Gasteiger partial charge in [-0.05, 0) is 6.42 Å². The Morgan fingerprint density at radius 2 is 2.15 bits per heavy atom. The first-order chi connectivity index (χ1) is 16.0. The van der Waals surface area contributed by atoms with E-state index in [-0.39, 0.29) is 34.5 Å². The molecule has 2 aliphatic rings. The van der Waals surface area contributed by atoms with Crippen molar-refractivity contribution >= 4 is 50.3 Å². The molecule has 18 heteroatoms. The standard InChI is InChI=1S/C16H18N8O8S2/c17-15-20-8(5-33-15)10(22-32-16(14(27)28)2-1-3-16)12(25)21-11-9(4-23-7-18-6-19-23)24(13(11)26)34(29,30)31/h5-7,9,11H,1-4H2,(H2,17,20)(H,21,25)(H,27,28)(H,29,30,31)/b22-10-. The first-order valence-corrected chi connectivity index (χ1v) is 11.9.